The number of ketones is 2. The van der Waals surface area contributed by atoms with Crippen LogP contribution in [-0.2, 0) is 14.4 Å². The monoisotopic (exact) mass is 332 g/mol. The SMILES string of the molecule is C[C@]12CC[C@H](O)C(=O)C1C(C=O)C[C@@H]1[C@@H]2CC[C@]2(C)C(=O)CC[C@@H]12. The summed E-state index contributed by atoms with van der Waals surface area (Å²) in [7, 11) is 0. The van der Waals surface area contributed by atoms with E-state index in [1.54, 1.807) is 0 Å². The highest BCUT2D eigenvalue weighted by Crippen LogP contribution is 2.65. The minimum absolute atomic E-state index is 0.116. The van der Waals surface area contributed by atoms with Gasteiger partial charge in [-0.2, -0.15) is 0 Å². The summed E-state index contributed by atoms with van der Waals surface area (Å²) >= 11 is 0. The predicted octanol–water partition coefficient (Wildman–Crippen LogP) is 2.56. The van der Waals surface area contributed by atoms with E-state index < -0.39 is 6.10 Å². The van der Waals surface area contributed by atoms with Crippen molar-refractivity contribution < 1.29 is 19.5 Å². The lowest BCUT2D eigenvalue weighted by atomic mass is 9.43. The molecule has 4 saturated carbocycles. The number of carbonyl (C=O) groups is 3. The zero-order chi connectivity index (χ0) is 17.3. The molecule has 1 N–H and O–H groups in total. The number of aldehydes is 1. The Morgan fingerprint density at radius 2 is 1.83 bits per heavy atom. The van der Waals surface area contributed by atoms with E-state index in [1.165, 1.54) is 0 Å². The van der Waals surface area contributed by atoms with Crippen LogP contribution in [0.4, 0.5) is 0 Å². The maximum absolute atomic E-state index is 12.7. The van der Waals surface area contributed by atoms with Crippen molar-refractivity contribution in [2.24, 2.45) is 40.4 Å². The number of Topliss-reactive ketones (excluding diaryl/α,β-unsaturated/α-hetero) is 2. The number of aliphatic hydroxyl groups is 1. The fourth-order valence-electron chi connectivity index (χ4n) is 7.18. The summed E-state index contributed by atoms with van der Waals surface area (Å²) in [6.45, 7) is 4.30. The largest absolute Gasteiger partial charge is 0.385 e. The minimum Gasteiger partial charge on any atom is -0.385 e. The van der Waals surface area contributed by atoms with E-state index in [4.69, 9.17) is 0 Å². The Morgan fingerprint density at radius 1 is 1.08 bits per heavy atom. The zero-order valence-electron chi connectivity index (χ0n) is 14.7. The second-order valence-corrected chi connectivity index (χ2v) is 9.27. The molecule has 8 atom stereocenters. The molecule has 0 heterocycles. The standard InChI is InChI=1S/C20H28O4/c1-19-7-5-14-12(13(19)3-4-16(19)23)9-11(10-21)17-18(24)15(22)6-8-20(14,17)2/h10-15,17,22H,3-9H2,1-2H3/t11?,12-,13-,14-,15-,17?,19-,20+/m0/s1. The van der Waals surface area contributed by atoms with Crippen LogP contribution in [0.5, 0.6) is 0 Å². The molecule has 0 saturated heterocycles. The molecule has 0 spiro atoms. The lowest BCUT2D eigenvalue weighted by Gasteiger charge is -2.60. The first kappa shape index (κ1) is 16.4. The van der Waals surface area contributed by atoms with Crippen molar-refractivity contribution in [1.29, 1.82) is 0 Å². The molecular formula is C20H28O4. The molecule has 132 valence electrons. The summed E-state index contributed by atoms with van der Waals surface area (Å²) in [5, 5.41) is 10.1. The molecule has 2 unspecified atom stereocenters. The second kappa shape index (κ2) is 5.23. The first-order valence-electron chi connectivity index (χ1n) is 9.53. The van der Waals surface area contributed by atoms with Crippen molar-refractivity contribution in [3.05, 3.63) is 0 Å². The Hall–Kier alpha value is -1.03. The molecule has 4 rings (SSSR count). The minimum atomic E-state index is -0.899. The van der Waals surface area contributed by atoms with Gasteiger partial charge in [0.25, 0.3) is 0 Å². The van der Waals surface area contributed by atoms with Gasteiger partial charge < -0.3 is 9.90 Å². The van der Waals surface area contributed by atoms with Crippen LogP contribution < -0.4 is 0 Å². The maximum atomic E-state index is 12.7. The normalized spacial score (nSPS) is 54.0. The molecule has 4 aliphatic rings. The van der Waals surface area contributed by atoms with Gasteiger partial charge >= 0.3 is 0 Å². The number of hydrogen-bond donors (Lipinski definition) is 1. The second-order valence-electron chi connectivity index (χ2n) is 9.27. The van der Waals surface area contributed by atoms with Crippen molar-refractivity contribution in [3.8, 4) is 0 Å². The molecular weight excluding hydrogens is 304 g/mol. The maximum Gasteiger partial charge on any atom is 0.165 e. The van der Waals surface area contributed by atoms with Crippen LogP contribution in [0.25, 0.3) is 0 Å². The molecule has 0 aromatic rings. The predicted molar refractivity (Wildman–Crippen MR) is 88.1 cm³/mol. The number of hydrogen-bond acceptors (Lipinski definition) is 4. The molecule has 0 aromatic carbocycles. The van der Waals surface area contributed by atoms with E-state index in [9.17, 15) is 19.5 Å². The molecule has 4 heteroatoms. The molecule has 0 amide bonds. The topological polar surface area (TPSA) is 71.4 Å². The van der Waals surface area contributed by atoms with Crippen LogP contribution in [0, 0.1) is 40.4 Å². The van der Waals surface area contributed by atoms with Crippen LogP contribution in [0.1, 0.15) is 58.8 Å². The first-order chi connectivity index (χ1) is 11.3. The molecule has 4 nitrogen and oxygen atoms in total. The summed E-state index contributed by atoms with van der Waals surface area (Å²) in [6, 6.07) is 0. The number of carbonyl (C=O) groups excluding carboxylic acids is 3. The van der Waals surface area contributed by atoms with Crippen molar-refractivity contribution in [3.63, 3.8) is 0 Å². The molecule has 0 aliphatic heterocycles. The van der Waals surface area contributed by atoms with Gasteiger partial charge in [0.2, 0.25) is 0 Å². The van der Waals surface area contributed by atoms with Crippen LogP contribution in [-0.4, -0.2) is 29.1 Å². The van der Waals surface area contributed by atoms with Gasteiger partial charge in [-0.3, -0.25) is 9.59 Å². The average molecular weight is 332 g/mol. The summed E-state index contributed by atoms with van der Waals surface area (Å²) in [6.07, 6.45) is 5.62. The van der Waals surface area contributed by atoms with Crippen molar-refractivity contribution in [2.75, 3.05) is 0 Å². The van der Waals surface area contributed by atoms with Gasteiger partial charge in [-0.1, -0.05) is 13.8 Å². The molecule has 0 bridgehead atoms. The number of fused-ring (bicyclic) bond motifs is 5. The summed E-state index contributed by atoms with van der Waals surface area (Å²) in [5.74, 6) is 0.795. The van der Waals surface area contributed by atoms with Crippen LogP contribution in [0.15, 0.2) is 0 Å². The fourth-order valence-corrected chi connectivity index (χ4v) is 7.18. The van der Waals surface area contributed by atoms with E-state index in [1.807, 2.05) is 0 Å². The Morgan fingerprint density at radius 3 is 2.54 bits per heavy atom. The van der Waals surface area contributed by atoms with E-state index in [0.717, 1.165) is 38.4 Å². The van der Waals surface area contributed by atoms with E-state index >= 15 is 0 Å². The lowest BCUT2D eigenvalue weighted by Crippen LogP contribution is -2.60. The van der Waals surface area contributed by atoms with Gasteiger partial charge in [0, 0.05) is 23.7 Å². The highest BCUT2D eigenvalue weighted by molar-refractivity contribution is 5.90. The summed E-state index contributed by atoms with van der Waals surface area (Å²) in [4.78, 5) is 37.0. The molecule has 4 aliphatic carbocycles. The summed E-state index contributed by atoms with van der Waals surface area (Å²) in [5.41, 5.74) is -0.409. The highest BCUT2D eigenvalue weighted by Gasteiger charge is 2.63. The quantitative estimate of drug-likeness (QED) is 0.749. The third-order valence-corrected chi connectivity index (χ3v) is 8.44. The molecule has 24 heavy (non-hydrogen) atoms. The molecule has 4 fully saturated rings. The Kier molecular flexibility index (Phi) is 3.58. The lowest BCUT2D eigenvalue weighted by molar-refractivity contribution is -0.171. The van der Waals surface area contributed by atoms with Crippen molar-refractivity contribution in [2.45, 2.75) is 64.9 Å². The smallest absolute Gasteiger partial charge is 0.165 e. The van der Waals surface area contributed by atoms with Crippen LogP contribution in [0.3, 0.4) is 0 Å². The van der Waals surface area contributed by atoms with Gasteiger partial charge in [-0.05, 0) is 61.7 Å². The zero-order valence-corrected chi connectivity index (χ0v) is 14.7. The molecule has 0 radical (unpaired) electrons. The molecule has 0 aromatic heterocycles. The van der Waals surface area contributed by atoms with Gasteiger partial charge in [0.1, 0.15) is 18.2 Å². The first-order valence-corrected chi connectivity index (χ1v) is 9.53. The third kappa shape index (κ3) is 1.92. The highest BCUT2D eigenvalue weighted by atomic mass is 16.3. The Labute approximate surface area is 143 Å². The number of aliphatic hydroxyl groups excluding tert-OH is 1. The van der Waals surface area contributed by atoms with E-state index in [2.05, 4.69) is 13.8 Å². The van der Waals surface area contributed by atoms with Crippen LogP contribution in [0.2, 0.25) is 0 Å². The fraction of sp³-hybridized carbons (Fsp3) is 0.850. The number of rotatable bonds is 1. The van der Waals surface area contributed by atoms with Gasteiger partial charge in [0.15, 0.2) is 5.78 Å². The average Bonchev–Trinajstić information content (AvgIpc) is 2.86. The van der Waals surface area contributed by atoms with Crippen LogP contribution >= 0.6 is 0 Å². The van der Waals surface area contributed by atoms with Gasteiger partial charge in [-0.15, -0.1) is 0 Å². The summed E-state index contributed by atoms with van der Waals surface area (Å²) < 4.78 is 0. The van der Waals surface area contributed by atoms with E-state index in [0.29, 0.717) is 36.4 Å². The third-order valence-electron chi connectivity index (χ3n) is 8.44. The Bertz CT molecular complexity index is 598. The Balaban J connectivity index is 1.74. The van der Waals surface area contributed by atoms with Gasteiger partial charge in [0.05, 0.1) is 0 Å². The van der Waals surface area contributed by atoms with E-state index in [-0.39, 0.29) is 28.4 Å². The van der Waals surface area contributed by atoms with Gasteiger partial charge in [-0.25, -0.2) is 0 Å². The van der Waals surface area contributed by atoms with Crippen molar-refractivity contribution >= 4 is 17.9 Å². The van der Waals surface area contributed by atoms with Crippen molar-refractivity contribution in [1.82, 2.24) is 0 Å².